The first-order valence-electron chi connectivity index (χ1n) is 7.97. The third kappa shape index (κ3) is 3.15. The summed E-state index contributed by atoms with van der Waals surface area (Å²) in [5.41, 5.74) is 2.26. The normalized spacial score (nSPS) is 14.0. The van der Waals surface area contributed by atoms with E-state index in [-0.39, 0.29) is 5.56 Å². The Morgan fingerprint density at radius 3 is 2.96 bits per heavy atom. The number of rotatable bonds is 3. The molecule has 1 aliphatic heterocycles. The Kier molecular flexibility index (Phi) is 4.23. The Labute approximate surface area is 152 Å². The van der Waals surface area contributed by atoms with Crippen LogP contribution in [0.3, 0.4) is 0 Å². The summed E-state index contributed by atoms with van der Waals surface area (Å²) >= 11 is 2.91. The van der Waals surface area contributed by atoms with Crippen LogP contribution in [-0.4, -0.2) is 9.61 Å². The first-order chi connectivity index (χ1) is 12.1. The molecular weight excluding hydrogens is 352 g/mol. The van der Waals surface area contributed by atoms with Crippen LogP contribution in [0, 0.1) is 0 Å². The van der Waals surface area contributed by atoms with Crippen molar-refractivity contribution in [3.8, 4) is 0 Å². The van der Waals surface area contributed by atoms with Gasteiger partial charge < -0.3 is 4.42 Å². The molecule has 0 saturated heterocycles. The molecule has 126 valence electrons. The van der Waals surface area contributed by atoms with Crippen molar-refractivity contribution in [1.82, 2.24) is 4.57 Å². The third-order valence-corrected chi connectivity index (χ3v) is 5.83. The van der Waals surface area contributed by atoms with E-state index in [1.807, 2.05) is 37.3 Å². The molecule has 0 unspecified atom stereocenters. The second-order valence-electron chi connectivity index (χ2n) is 5.62. The molecule has 0 saturated carbocycles. The zero-order valence-corrected chi connectivity index (χ0v) is 15.3. The molecule has 0 N–H and O–H groups in total. The Morgan fingerprint density at radius 2 is 2.20 bits per heavy atom. The lowest BCUT2D eigenvalue weighted by atomic mass is 10.2. The van der Waals surface area contributed by atoms with Gasteiger partial charge in [-0.05, 0) is 42.4 Å². The number of hydrogen-bond acceptors (Lipinski definition) is 5. The summed E-state index contributed by atoms with van der Waals surface area (Å²) in [4.78, 5) is 16.9. The molecule has 0 atom stereocenters. The van der Waals surface area contributed by atoms with Gasteiger partial charge in [-0.15, -0.1) is 11.3 Å². The van der Waals surface area contributed by atoms with Gasteiger partial charge in [0.15, 0.2) is 5.09 Å². The van der Waals surface area contributed by atoms with Crippen LogP contribution in [0.25, 0.3) is 12.7 Å². The summed E-state index contributed by atoms with van der Waals surface area (Å²) in [6.45, 7) is 6.48. The number of aliphatic imine (C=N–C) groups is 1. The van der Waals surface area contributed by atoms with E-state index in [1.54, 1.807) is 10.6 Å². The van der Waals surface area contributed by atoms with Crippen molar-refractivity contribution < 1.29 is 4.42 Å². The van der Waals surface area contributed by atoms with Crippen LogP contribution in [-0.2, 0) is 13.0 Å². The van der Waals surface area contributed by atoms with Crippen LogP contribution in [0.4, 0.5) is 5.69 Å². The molecule has 1 aromatic carbocycles. The number of benzene rings is 1. The van der Waals surface area contributed by atoms with Crippen LogP contribution in [0.2, 0.25) is 0 Å². The molecule has 0 bridgehead atoms. The average molecular weight is 368 g/mol. The van der Waals surface area contributed by atoms with Gasteiger partial charge in [-0.25, -0.2) is 4.99 Å². The van der Waals surface area contributed by atoms with E-state index < -0.39 is 0 Å². The molecule has 25 heavy (non-hydrogen) atoms. The quantitative estimate of drug-likeness (QED) is 0.714. The van der Waals surface area contributed by atoms with E-state index in [4.69, 9.17) is 4.42 Å². The zero-order chi connectivity index (χ0) is 17.4. The first-order valence-corrected chi connectivity index (χ1v) is 9.61. The molecule has 4 nitrogen and oxygen atoms in total. The predicted molar refractivity (Wildman–Crippen MR) is 104 cm³/mol. The average Bonchev–Trinajstić information content (AvgIpc) is 3.27. The number of fused-ring (bicyclic) bond motifs is 1. The van der Waals surface area contributed by atoms with Gasteiger partial charge in [-0.3, -0.25) is 9.36 Å². The number of nitrogens with zero attached hydrogens (tertiary/aromatic N) is 2. The van der Waals surface area contributed by atoms with Crippen molar-refractivity contribution >= 4 is 46.5 Å². The van der Waals surface area contributed by atoms with Gasteiger partial charge in [0.2, 0.25) is 0 Å². The molecule has 3 aromatic rings. The molecule has 4 rings (SSSR count). The molecule has 0 fully saturated rings. The number of furan rings is 1. The second-order valence-corrected chi connectivity index (χ2v) is 7.82. The number of thioether (sulfide) groups is 1. The fourth-order valence-corrected chi connectivity index (χ4v) is 4.59. The van der Waals surface area contributed by atoms with Crippen molar-refractivity contribution in [1.29, 1.82) is 0 Å². The van der Waals surface area contributed by atoms with Crippen molar-refractivity contribution in [2.75, 3.05) is 0 Å². The minimum atomic E-state index is -0.0151. The van der Waals surface area contributed by atoms with Gasteiger partial charge in [0.05, 0.1) is 19.9 Å². The molecule has 0 spiro atoms. The zero-order valence-electron chi connectivity index (χ0n) is 13.7. The fraction of sp³-hybridized carbons (Fsp3) is 0.158. The van der Waals surface area contributed by atoms with E-state index >= 15 is 0 Å². The van der Waals surface area contributed by atoms with Crippen molar-refractivity contribution in [3.63, 3.8) is 0 Å². The molecule has 0 radical (unpaired) electrons. The lowest BCUT2D eigenvalue weighted by molar-refractivity contribution is 0.467. The number of aromatic nitrogens is 1. The molecule has 0 amide bonds. The maximum atomic E-state index is 12.3. The largest absolute Gasteiger partial charge is 0.450 e. The number of hydrogen-bond donors (Lipinski definition) is 0. The third-order valence-electron chi connectivity index (χ3n) is 3.97. The van der Waals surface area contributed by atoms with Crippen molar-refractivity contribution in [2.45, 2.75) is 25.0 Å². The first kappa shape index (κ1) is 16.2. The molecule has 2 aromatic heterocycles. The highest BCUT2D eigenvalue weighted by molar-refractivity contribution is 8.13. The summed E-state index contributed by atoms with van der Waals surface area (Å²) in [6, 6.07) is 11.9. The molecule has 1 aliphatic rings. The lowest BCUT2D eigenvalue weighted by Gasteiger charge is -1.95. The predicted octanol–water partition coefficient (Wildman–Crippen LogP) is 3.14. The van der Waals surface area contributed by atoms with Gasteiger partial charge in [0.1, 0.15) is 5.76 Å². The van der Waals surface area contributed by atoms with Crippen molar-refractivity contribution in [3.05, 3.63) is 67.3 Å². The summed E-state index contributed by atoms with van der Waals surface area (Å²) in [7, 11) is 0. The van der Waals surface area contributed by atoms with E-state index in [0.29, 0.717) is 16.8 Å². The number of para-hydroxylation sites is 1. The smallest absolute Gasteiger partial charge is 0.269 e. The van der Waals surface area contributed by atoms with Gasteiger partial charge in [0, 0.05) is 19.0 Å². The van der Waals surface area contributed by atoms with Crippen LogP contribution in [0.5, 0.6) is 0 Å². The summed E-state index contributed by atoms with van der Waals surface area (Å²) in [5, 5.41) is 1.80. The second kappa shape index (κ2) is 6.54. The van der Waals surface area contributed by atoms with E-state index in [9.17, 15) is 4.79 Å². The molecular formula is C19H16N2O2S2. The maximum absolute atomic E-state index is 12.3. The van der Waals surface area contributed by atoms with Crippen LogP contribution in [0.15, 0.2) is 55.7 Å². The molecule has 3 heterocycles. The summed E-state index contributed by atoms with van der Waals surface area (Å²) < 4.78 is 8.92. The maximum Gasteiger partial charge on any atom is 0.269 e. The highest BCUT2D eigenvalue weighted by atomic mass is 32.2. The molecule has 0 aliphatic carbocycles. The topological polar surface area (TPSA) is 47.5 Å². The van der Waals surface area contributed by atoms with E-state index in [1.165, 1.54) is 28.7 Å². The fourth-order valence-electron chi connectivity index (χ4n) is 2.76. The minimum Gasteiger partial charge on any atom is -0.450 e. The van der Waals surface area contributed by atoms with Gasteiger partial charge in [0.25, 0.3) is 5.56 Å². The lowest BCUT2D eigenvalue weighted by Crippen LogP contribution is -2.30. The summed E-state index contributed by atoms with van der Waals surface area (Å²) in [6.07, 6.45) is 2.61. The highest BCUT2D eigenvalue weighted by Gasteiger charge is 2.16. The van der Waals surface area contributed by atoms with E-state index in [2.05, 4.69) is 17.6 Å². The van der Waals surface area contributed by atoms with Crippen LogP contribution < -0.4 is 14.8 Å². The van der Waals surface area contributed by atoms with Gasteiger partial charge in [-0.2, -0.15) is 0 Å². The van der Waals surface area contributed by atoms with Crippen molar-refractivity contribution in [2.24, 2.45) is 4.99 Å². The monoisotopic (exact) mass is 368 g/mol. The van der Waals surface area contributed by atoms with Gasteiger partial charge >= 0.3 is 0 Å². The molecule has 6 heteroatoms. The standard InChI is InChI=1S/C19H16N2O2S2/c1-3-21-12(2)24-16(19(21)22)11-14-8-9-18(23-14)25-17-10-13-6-4-5-7-15(13)20-17/h4-9,11H,2-3,10H2,1H3/b16-11+. The Morgan fingerprint density at radius 1 is 1.36 bits per heavy atom. The Hall–Kier alpha value is -2.31. The van der Waals surface area contributed by atoms with Crippen LogP contribution >= 0.6 is 23.1 Å². The van der Waals surface area contributed by atoms with Gasteiger partial charge in [-0.1, -0.05) is 24.8 Å². The van der Waals surface area contributed by atoms with Crippen LogP contribution in [0.1, 0.15) is 18.2 Å². The van der Waals surface area contributed by atoms with E-state index in [0.717, 1.165) is 26.9 Å². The number of thiazole rings is 1. The highest BCUT2D eigenvalue weighted by Crippen LogP contribution is 2.33. The Bertz CT molecular complexity index is 1130. The minimum absolute atomic E-state index is 0.0151. The summed E-state index contributed by atoms with van der Waals surface area (Å²) in [5.74, 6) is 0.667. The SMILES string of the molecule is C=c1s/c(=C/c2ccc(SC3=Nc4ccccc4C3)o2)c(=O)n1CC. The Balaban J connectivity index is 1.57.